The molecule has 0 amide bonds. The largest absolute Gasteiger partial charge is 0.464 e. The first-order valence-electron chi connectivity index (χ1n) is 12.9. The molecule has 2 saturated carbocycles. The van der Waals surface area contributed by atoms with Crippen LogP contribution in [0.5, 0.6) is 0 Å². The van der Waals surface area contributed by atoms with Crippen LogP contribution in [0.4, 0.5) is 11.8 Å². The first-order valence-corrected chi connectivity index (χ1v) is 12.9. The van der Waals surface area contributed by atoms with Gasteiger partial charge in [-0.25, -0.2) is 4.98 Å². The number of anilines is 2. The van der Waals surface area contributed by atoms with E-state index in [0.717, 1.165) is 59.6 Å². The Morgan fingerprint density at radius 1 is 0.971 bits per heavy atom. The van der Waals surface area contributed by atoms with Crippen molar-refractivity contribution in [2.24, 2.45) is 5.73 Å². The number of fused-ring (bicyclic) bond motifs is 1. The first-order chi connectivity index (χ1) is 17.2. The molecule has 0 aliphatic heterocycles. The van der Waals surface area contributed by atoms with Gasteiger partial charge in [0.1, 0.15) is 5.76 Å². The molecule has 3 heterocycles. The maximum atomic E-state index is 6.11. The second-order valence-electron chi connectivity index (χ2n) is 9.94. The highest BCUT2D eigenvalue weighted by atomic mass is 16.3. The van der Waals surface area contributed by atoms with Gasteiger partial charge in [0.05, 0.1) is 12.6 Å². The van der Waals surface area contributed by atoms with Crippen molar-refractivity contribution in [2.45, 2.75) is 76.0 Å². The van der Waals surface area contributed by atoms with Gasteiger partial charge in [0, 0.05) is 30.2 Å². The molecule has 4 N–H and O–H groups in total. The Kier molecular flexibility index (Phi) is 6.12. The maximum absolute atomic E-state index is 6.11. The summed E-state index contributed by atoms with van der Waals surface area (Å²) in [7, 11) is 0. The lowest BCUT2D eigenvalue weighted by atomic mass is 9.92. The van der Waals surface area contributed by atoms with Crippen LogP contribution in [0.1, 0.15) is 63.0 Å². The van der Waals surface area contributed by atoms with Crippen molar-refractivity contribution < 1.29 is 4.42 Å². The van der Waals surface area contributed by atoms with E-state index in [1.807, 2.05) is 18.5 Å². The summed E-state index contributed by atoms with van der Waals surface area (Å²) in [6.45, 7) is 0.651. The van der Waals surface area contributed by atoms with Crippen LogP contribution in [0, 0.1) is 0 Å². The van der Waals surface area contributed by atoms with Crippen molar-refractivity contribution in [3.05, 3.63) is 54.6 Å². The van der Waals surface area contributed by atoms with Crippen LogP contribution < -0.4 is 16.4 Å². The number of benzene rings is 1. The number of aromatic nitrogens is 4. The number of imidazole rings is 1. The number of rotatable bonds is 7. The molecule has 8 nitrogen and oxygen atoms in total. The van der Waals surface area contributed by atoms with Gasteiger partial charge in [0.2, 0.25) is 5.95 Å². The average molecular weight is 472 g/mol. The third kappa shape index (κ3) is 4.75. The highest BCUT2D eigenvalue weighted by molar-refractivity contribution is 5.84. The molecule has 0 spiro atoms. The zero-order valence-corrected chi connectivity index (χ0v) is 20.0. The van der Waals surface area contributed by atoms with Crippen LogP contribution >= 0.6 is 0 Å². The zero-order chi connectivity index (χ0) is 23.6. The standard InChI is InChI=1S/C27H33N7O/c28-20-11-13-21(14-12-20)31-27-32-25(24-26(33-27)34(17-30-24)22-4-1-2-5-22)29-16-18-7-9-19(10-8-18)23-6-3-15-35-23/h3,6-10,15,17,20-22H,1-2,4-5,11-14,16,28H2,(H2,29,31,32,33). The average Bonchev–Trinajstić information content (AvgIpc) is 3.66. The molecule has 1 aromatic carbocycles. The van der Waals surface area contributed by atoms with Crippen molar-refractivity contribution in [3.63, 3.8) is 0 Å². The van der Waals surface area contributed by atoms with Crippen LogP contribution in [0.25, 0.3) is 22.5 Å². The van der Waals surface area contributed by atoms with E-state index in [4.69, 9.17) is 25.1 Å². The Morgan fingerprint density at radius 3 is 2.51 bits per heavy atom. The van der Waals surface area contributed by atoms with E-state index in [0.29, 0.717) is 30.6 Å². The highest BCUT2D eigenvalue weighted by Gasteiger charge is 2.23. The van der Waals surface area contributed by atoms with Crippen molar-refractivity contribution in [1.29, 1.82) is 0 Å². The summed E-state index contributed by atoms with van der Waals surface area (Å²) < 4.78 is 7.76. The number of nitrogens with one attached hydrogen (secondary N) is 2. The Balaban J connectivity index is 1.25. The van der Waals surface area contributed by atoms with E-state index in [-0.39, 0.29) is 0 Å². The van der Waals surface area contributed by atoms with E-state index >= 15 is 0 Å². The zero-order valence-electron chi connectivity index (χ0n) is 20.0. The summed E-state index contributed by atoms with van der Waals surface area (Å²) in [5.41, 5.74) is 10.1. The van der Waals surface area contributed by atoms with Gasteiger partial charge in [0.15, 0.2) is 17.0 Å². The van der Waals surface area contributed by atoms with E-state index < -0.39 is 0 Å². The topological polar surface area (TPSA) is 107 Å². The second-order valence-corrected chi connectivity index (χ2v) is 9.94. The molecule has 6 rings (SSSR count). The Bertz CT molecular complexity index is 1250. The molecule has 8 heteroatoms. The summed E-state index contributed by atoms with van der Waals surface area (Å²) in [6.07, 6.45) is 12.7. The lowest BCUT2D eigenvalue weighted by Crippen LogP contribution is -2.33. The Morgan fingerprint density at radius 2 is 1.77 bits per heavy atom. The number of nitrogens with zero attached hydrogens (tertiary/aromatic N) is 4. The van der Waals surface area contributed by atoms with Gasteiger partial charge >= 0.3 is 0 Å². The maximum Gasteiger partial charge on any atom is 0.227 e. The minimum atomic E-state index is 0.316. The lowest BCUT2D eigenvalue weighted by Gasteiger charge is -2.27. The summed E-state index contributed by atoms with van der Waals surface area (Å²) in [5.74, 6) is 2.32. The molecule has 2 fully saturated rings. The molecule has 0 unspecified atom stereocenters. The van der Waals surface area contributed by atoms with Crippen LogP contribution in [-0.2, 0) is 6.54 Å². The van der Waals surface area contributed by atoms with Gasteiger partial charge in [-0.15, -0.1) is 0 Å². The van der Waals surface area contributed by atoms with E-state index in [1.165, 1.54) is 25.7 Å². The monoisotopic (exact) mass is 471 g/mol. The van der Waals surface area contributed by atoms with Gasteiger partial charge in [0.25, 0.3) is 0 Å². The fourth-order valence-electron chi connectivity index (χ4n) is 5.42. The third-order valence-electron chi connectivity index (χ3n) is 7.46. The van der Waals surface area contributed by atoms with Gasteiger partial charge in [-0.05, 0) is 56.2 Å². The molecule has 182 valence electrons. The van der Waals surface area contributed by atoms with E-state index in [1.54, 1.807) is 6.26 Å². The predicted octanol–water partition coefficient (Wildman–Crippen LogP) is 5.50. The number of nitrogens with two attached hydrogens (primary N) is 1. The summed E-state index contributed by atoms with van der Waals surface area (Å²) in [5, 5.41) is 7.13. The van der Waals surface area contributed by atoms with Crippen LogP contribution in [-0.4, -0.2) is 31.6 Å². The molecule has 0 bridgehead atoms. The van der Waals surface area contributed by atoms with Crippen molar-refractivity contribution in [3.8, 4) is 11.3 Å². The van der Waals surface area contributed by atoms with Crippen LogP contribution in [0.2, 0.25) is 0 Å². The third-order valence-corrected chi connectivity index (χ3v) is 7.46. The fraction of sp³-hybridized carbons (Fsp3) is 0.444. The number of furan rings is 1. The summed E-state index contributed by atoms with van der Waals surface area (Å²) in [6, 6.07) is 13.4. The molecular weight excluding hydrogens is 438 g/mol. The Labute approximate surface area is 205 Å². The van der Waals surface area contributed by atoms with Crippen molar-refractivity contribution in [2.75, 3.05) is 10.6 Å². The minimum Gasteiger partial charge on any atom is -0.464 e. The SMILES string of the molecule is NC1CCC(Nc2nc(NCc3ccc(-c4ccco4)cc3)c3ncn(C4CCCC4)c3n2)CC1. The molecule has 0 saturated heterocycles. The Hall–Kier alpha value is -3.39. The molecule has 0 radical (unpaired) electrons. The van der Waals surface area contributed by atoms with Crippen LogP contribution in [0.3, 0.4) is 0 Å². The van der Waals surface area contributed by atoms with Crippen molar-refractivity contribution >= 4 is 22.9 Å². The number of hydrogen-bond acceptors (Lipinski definition) is 7. The lowest BCUT2D eigenvalue weighted by molar-refractivity contribution is 0.410. The van der Waals surface area contributed by atoms with Gasteiger partial charge in [-0.2, -0.15) is 9.97 Å². The molecule has 2 aliphatic carbocycles. The summed E-state index contributed by atoms with van der Waals surface area (Å²) in [4.78, 5) is 14.6. The predicted molar refractivity (Wildman–Crippen MR) is 138 cm³/mol. The van der Waals surface area contributed by atoms with Gasteiger partial charge in [-0.3, -0.25) is 0 Å². The molecule has 3 aromatic heterocycles. The first kappa shape index (κ1) is 22.1. The quantitative estimate of drug-likeness (QED) is 0.327. The normalized spacial score (nSPS) is 20.9. The van der Waals surface area contributed by atoms with Gasteiger partial charge in [-0.1, -0.05) is 37.1 Å². The highest BCUT2D eigenvalue weighted by Crippen LogP contribution is 2.33. The van der Waals surface area contributed by atoms with E-state index in [2.05, 4.69) is 39.5 Å². The van der Waals surface area contributed by atoms with Crippen molar-refractivity contribution in [1.82, 2.24) is 19.5 Å². The minimum absolute atomic E-state index is 0.316. The molecule has 0 atom stereocenters. The smallest absolute Gasteiger partial charge is 0.227 e. The molecule has 2 aliphatic rings. The fourth-order valence-corrected chi connectivity index (χ4v) is 5.42. The van der Waals surface area contributed by atoms with Crippen LogP contribution in [0.15, 0.2) is 53.4 Å². The molecule has 35 heavy (non-hydrogen) atoms. The molecule has 4 aromatic rings. The van der Waals surface area contributed by atoms with E-state index in [9.17, 15) is 0 Å². The molecular formula is C27H33N7O. The van der Waals surface area contributed by atoms with Gasteiger partial charge < -0.3 is 25.4 Å². The number of hydrogen-bond donors (Lipinski definition) is 3. The second kappa shape index (κ2) is 9.70. The summed E-state index contributed by atoms with van der Waals surface area (Å²) >= 11 is 0.